The third-order valence-corrected chi connectivity index (χ3v) is 4.40. The molecular formula is C18H13ClFNO4. The van der Waals surface area contributed by atoms with Gasteiger partial charge in [0.2, 0.25) is 0 Å². The van der Waals surface area contributed by atoms with Crippen molar-refractivity contribution in [2.45, 2.75) is 13.3 Å². The molecule has 0 atom stereocenters. The van der Waals surface area contributed by atoms with Crippen molar-refractivity contribution in [1.82, 2.24) is 4.57 Å². The molecule has 0 radical (unpaired) electrons. The van der Waals surface area contributed by atoms with Gasteiger partial charge in [-0.3, -0.25) is 14.2 Å². The second kappa shape index (κ2) is 6.22. The number of nitrogens with zero attached hydrogens (tertiary/aromatic N) is 1. The van der Waals surface area contributed by atoms with Crippen LogP contribution in [0.25, 0.3) is 10.9 Å². The quantitative estimate of drug-likeness (QED) is 0.744. The van der Waals surface area contributed by atoms with Crippen molar-refractivity contribution in [1.29, 1.82) is 0 Å². The lowest BCUT2D eigenvalue weighted by molar-refractivity contribution is -0.136. The van der Waals surface area contributed by atoms with E-state index in [4.69, 9.17) is 16.7 Å². The smallest absolute Gasteiger partial charge is 0.307 e. The topological polar surface area (TPSA) is 79.5 Å². The Balaban J connectivity index is 2.23. The van der Waals surface area contributed by atoms with Crippen LogP contribution in [0.15, 0.2) is 36.4 Å². The van der Waals surface area contributed by atoms with Crippen molar-refractivity contribution in [3.05, 3.63) is 64.1 Å². The van der Waals surface area contributed by atoms with E-state index in [0.717, 1.165) is 12.1 Å². The van der Waals surface area contributed by atoms with Crippen LogP contribution in [0.1, 0.15) is 21.6 Å². The van der Waals surface area contributed by atoms with E-state index in [1.54, 1.807) is 31.2 Å². The van der Waals surface area contributed by atoms with E-state index in [9.17, 15) is 19.1 Å². The van der Waals surface area contributed by atoms with Gasteiger partial charge in [-0.2, -0.15) is 0 Å². The molecule has 0 spiro atoms. The first-order valence-corrected chi connectivity index (χ1v) is 7.72. The summed E-state index contributed by atoms with van der Waals surface area (Å²) in [6.45, 7) is 1.63. The first-order valence-electron chi connectivity index (χ1n) is 7.34. The molecule has 1 heterocycles. The lowest BCUT2D eigenvalue weighted by atomic mass is 10.1. The number of halogens is 2. The Bertz CT molecular complexity index is 1000. The van der Waals surface area contributed by atoms with Crippen molar-refractivity contribution in [2.75, 3.05) is 0 Å². The molecule has 7 heteroatoms. The fourth-order valence-electron chi connectivity index (χ4n) is 2.90. The summed E-state index contributed by atoms with van der Waals surface area (Å²) in [7, 11) is 0. The number of hydrogen-bond donors (Lipinski definition) is 2. The van der Waals surface area contributed by atoms with Gasteiger partial charge in [0.25, 0.3) is 5.91 Å². The maximum atomic E-state index is 13.8. The Hall–Kier alpha value is -2.86. The number of aliphatic carboxylic acids is 1. The molecule has 5 nitrogen and oxygen atoms in total. The second-order valence-electron chi connectivity index (χ2n) is 5.58. The molecule has 3 aromatic rings. The fraction of sp³-hybridized carbons (Fsp3) is 0.111. The van der Waals surface area contributed by atoms with E-state index in [-0.39, 0.29) is 12.0 Å². The Morgan fingerprint density at radius 3 is 2.56 bits per heavy atom. The van der Waals surface area contributed by atoms with Crippen LogP contribution in [0.2, 0.25) is 5.02 Å². The minimum absolute atomic E-state index is 0.0925. The van der Waals surface area contributed by atoms with Gasteiger partial charge in [0, 0.05) is 16.6 Å². The van der Waals surface area contributed by atoms with Crippen LogP contribution in [-0.4, -0.2) is 26.7 Å². The molecule has 0 saturated carbocycles. The molecular weight excluding hydrogens is 349 g/mol. The highest BCUT2D eigenvalue weighted by molar-refractivity contribution is 6.32. The number of rotatable bonds is 3. The Labute approximate surface area is 146 Å². The predicted molar refractivity (Wildman–Crippen MR) is 90.8 cm³/mol. The molecule has 3 rings (SSSR count). The highest BCUT2D eigenvalue weighted by Crippen LogP contribution is 2.31. The van der Waals surface area contributed by atoms with Crippen LogP contribution >= 0.6 is 11.6 Å². The van der Waals surface area contributed by atoms with Gasteiger partial charge in [-0.25, -0.2) is 4.39 Å². The number of carbonyl (C=O) groups excluding carboxylic acids is 1. The van der Waals surface area contributed by atoms with Crippen LogP contribution in [0.5, 0.6) is 5.75 Å². The monoisotopic (exact) mass is 361 g/mol. The normalized spacial score (nSPS) is 11.0. The minimum atomic E-state index is -1.02. The molecule has 0 aliphatic carbocycles. The van der Waals surface area contributed by atoms with Crippen LogP contribution < -0.4 is 0 Å². The van der Waals surface area contributed by atoms with Crippen LogP contribution in [0.4, 0.5) is 4.39 Å². The van der Waals surface area contributed by atoms with E-state index in [2.05, 4.69) is 0 Å². The van der Waals surface area contributed by atoms with E-state index >= 15 is 0 Å². The number of carbonyl (C=O) groups is 2. The number of fused-ring (bicyclic) bond motifs is 1. The summed E-state index contributed by atoms with van der Waals surface area (Å²) in [4.78, 5) is 24.0. The molecule has 0 bridgehead atoms. The highest BCUT2D eigenvalue weighted by Gasteiger charge is 2.22. The average Bonchev–Trinajstić information content (AvgIpc) is 2.83. The van der Waals surface area contributed by atoms with Gasteiger partial charge in [-0.15, -0.1) is 0 Å². The van der Waals surface area contributed by atoms with E-state index in [0.29, 0.717) is 22.2 Å². The zero-order valence-corrected chi connectivity index (χ0v) is 13.8. The molecule has 0 saturated heterocycles. The minimum Gasteiger partial charge on any atom is -0.506 e. The molecule has 128 valence electrons. The molecule has 0 fully saturated rings. The van der Waals surface area contributed by atoms with Crippen LogP contribution in [0, 0.1) is 12.7 Å². The number of carboxylic acids is 1. The molecule has 1 aromatic heterocycles. The number of carboxylic acid groups (broad SMARTS) is 1. The van der Waals surface area contributed by atoms with Crippen LogP contribution in [0.3, 0.4) is 0 Å². The Morgan fingerprint density at radius 2 is 1.92 bits per heavy atom. The number of para-hydroxylation sites is 1. The number of hydrogen-bond acceptors (Lipinski definition) is 3. The third kappa shape index (κ3) is 2.85. The maximum Gasteiger partial charge on any atom is 0.307 e. The molecule has 25 heavy (non-hydrogen) atoms. The van der Waals surface area contributed by atoms with Gasteiger partial charge in [-0.05, 0) is 30.7 Å². The number of aromatic nitrogens is 1. The molecule has 0 amide bonds. The summed E-state index contributed by atoms with van der Waals surface area (Å²) in [5.41, 5.74) is 1.37. The summed E-state index contributed by atoms with van der Waals surface area (Å²) >= 11 is 5.58. The third-order valence-electron chi connectivity index (χ3n) is 4.03. The first-order chi connectivity index (χ1) is 11.8. The zero-order valence-electron chi connectivity index (χ0n) is 13.1. The van der Waals surface area contributed by atoms with Crippen molar-refractivity contribution < 1.29 is 24.2 Å². The Kier molecular flexibility index (Phi) is 4.22. The van der Waals surface area contributed by atoms with Gasteiger partial charge >= 0.3 is 5.97 Å². The van der Waals surface area contributed by atoms with E-state index in [1.165, 1.54) is 4.57 Å². The fourth-order valence-corrected chi connectivity index (χ4v) is 3.01. The standard InChI is InChI=1S/C18H13ClFNO4/c1-9-12(8-16(23)24)11-4-2-3-5-14(11)21(9)18(25)10-6-13(20)17(19)15(22)7-10/h2-7,22H,8H2,1H3,(H,23,24). The van der Waals surface area contributed by atoms with Crippen molar-refractivity contribution in [3.8, 4) is 5.75 Å². The molecule has 2 aromatic carbocycles. The largest absolute Gasteiger partial charge is 0.506 e. The summed E-state index contributed by atoms with van der Waals surface area (Å²) in [5, 5.41) is 19.0. The highest BCUT2D eigenvalue weighted by atomic mass is 35.5. The molecule has 0 aliphatic heterocycles. The number of phenols is 1. The summed E-state index contributed by atoms with van der Waals surface area (Å²) < 4.78 is 15.1. The van der Waals surface area contributed by atoms with E-state index in [1.807, 2.05) is 0 Å². The molecule has 0 aliphatic rings. The summed E-state index contributed by atoms with van der Waals surface area (Å²) in [5.74, 6) is -3.06. The molecule has 0 unspecified atom stereocenters. The number of benzene rings is 2. The van der Waals surface area contributed by atoms with Gasteiger partial charge < -0.3 is 10.2 Å². The summed E-state index contributed by atoms with van der Waals surface area (Å²) in [6.07, 6.45) is -0.243. The average molecular weight is 362 g/mol. The first kappa shape index (κ1) is 17.0. The van der Waals surface area contributed by atoms with Gasteiger partial charge in [0.1, 0.15) is 16.6 Å². The predicted octanol–water partition coefficient (Wildman–Crippen LogP) is 3.76. The van der Waals surface area contributed by atoms with Crippen LogP contribution in [-0.2, 0) is 11.2 Å². The zero-order chi connectivity index (χ0) is 18.3. The second-order valence-corrected chi connectivity index (χ2v) is 5.96. The maximum absolute atomic E-state index is 13.8. The Morgan fingerprint density at radius 1 is 1.24 bits per heavy atom. The SMILES string of the molecule is Cc1c(CC(=O)O)c2ccccc2n1C(=O)c1cc(O)c(Cl)c(F)c1. The lowest BCUT2D eigenvalue weighted by Crippen LogP contribution is -2.14. The van der Waals surface area contributed by atoms with Gasteiger partial charge in [0.15, 0.2) is 0 Å². The van der Waals surface area contributed by atoms with Crippen molar-refractivity contribution >= 4 is 34.4 Å². The summed E-state index contributed by atoms with van der Waals surface area (Å²) in [6, 6.07) is 8.89. The van der Waals surface area contributed by atoms with Crippen molar-refractivity contribution in [3.63, 3.8) is 0 Å². The number of aromatic hydroxyl groups is 1. The van der Waals surface area contributed by atoms with E-state index < -0.39 is 28.5 Å². The van der Waals surface area contributed by atoms with Gasteiger partial charge in [0.05, 0.1) is 11.9 Å². The molecule has 2 N–H and O–H groups in total. The van der Waals surface area contributed by atoms with Gasteiger partial charge in [-0.1, -0.05) is 29.8 Å². The number of phenolic OH excluding ortho intramolecular Hbond substituents is 1. The van der Waals surface area contributed by atoms with Crippen molar-refractivity contribution in [2.24, 2.45) is 0 Å². The lowest BCUT2D eigenvalue weighted by Gasteiger charge is -2.09.